The van der Waals surface area contributed by atoms with Crippen molar-refractivity contribution in [1.29, 1.82) is 0 Å². The highest BCUT2D eigenvalue weighted by molar-refractivity contribution is 7.17. The minimum atomic E-state index is -0.633. The van der Waals surface area contributed by atoms with Crippen LogP contribution in [-0.2, 0) is 11.3 Å². The topological polar surface area (TPSA) is 73.1 Å². The number of thiophene rings is 1. The van der Waals surface area contributed by atoms with Crippen LogP contribution in [0.15, 0.2) is 45.3 Å². The lowest BCUT2D eigenvalue weighted by Crippen LogP contribution is -2.42. The van der Waals surface area contributed by atoms with E-state index >= 15 is 0 Å². The van der Waals surface area contributed by atoms with Gasteiger partial charge >= 0.3 is 5.69 Å². The Hall–Kier alpha value is -2.74. The molecule has 1 amide bonds. The van der Waals surface area contributed by atoms with Crippen molar-refractivity contribution in [3.63, 3.8) is 0 Å². The van der Waals surface area contributed by atoms with Crippen LogP contribution in [0.2, 0.25) is 0 Å². The van der Waals surface area contributed by atoms with Gasteiger partial charge in [-0.3, -0.25) is 14.2 Å². The average molecular weight is 375 g/mol. The summed E-state index contributed by atoms with van der Waals surface area (Å²) < 4.78 is 15.8. The van der Waals surface area contributed by atoms with Crippen LogP contribution in [0.3, 0.4) is 0 Å². The average Bonchev–Trinajstić information content (AvgIpc) is 3.10. The van der Waals surface area contributed by atoms with E-state index in [1.165, 1.54) is 40.2 Å². The van der Waals surface area contributed by atoms with Gasteiger partial charge in [-0.05, 0) is 49.1 Å². The molecule has 1 N–H and O–H groups in total. The van der Waals surface area contributed by atoms with Crippen LogP contribution >= 0.6 is 11.3 Å². The summed E-state index contributed by atoms with van der Waals surface area (Å²) in [5, 5.41) is 4.51. The predicted octanol–water partition coefficient (Wildman–Crippen LogP) is 2.27. The monoisotopic (exact) mass is 375 g/mol. The molecular weight excluding hydrogens is 357 g/mol. The fourth-order valence-corrected chi connectivity index (χ4v) is 3.45. The van der Waals surface area contributed by atoms with Crippen LogP contribution in [0.4, 0.5) is 4.39 Å². The van der Waals surface area contributed by atoms with Crippen LogP contribution in [0.25, 0.3) is 15.9 Å². The number of halogens is 1. The van der Waals surface area contributed by atoms with Gasteiger partial charge in [0.25, 0.3) is 5.56 Å². The van der Waals surface area contributed by atoms with E-state index in [0.717, 1.165) is 11.0 Å². The van der Waals surface area contributed by atoms with Gasteiger partial charge in [0.1, 0.15) is 17.1 Å². The zero-order valence-corrected chi connectivity index (χ0v) is 15.2. The summed E-state index contributed by atoms with van der Waals surface area (Å²) in [7, 11) is 0. The number of nitrogens with one attached hydrogen (secondary N) is 1. The Morgan fingerprint density at radius 2 is 1.92 bits per heavy atom. The summed E-state index contributed by atoms with van der Waals surface area (Å²) in [6.45, 7) is 3.63. The summed E-state index contributed by atoms with van der Waals surface area (Å²) in [4.78, 5) is 37.9. The maximum atomic E-state index is 13.2. The van der Waals surface area contributed by atoms with E-state index in [0.29, 0.717) is 10.2 Å². The summed E-state index contributed by atoms with van der Waals surface area (Å²) in [5.41, 5.74) is -0.438. The lowest BCUT2D eigenvalue weighted by Gasteiger charge is -2.14. The van der Waals surface area contributed by atoms with Gasteiger partial charge in [-0.25, -0.2) is 13.8 Å². The summed E-state index contributed by atoms with van der Waals surface area (Å²) in [6.07, 6.45) is 0.767. The Kier molecular flexibility index (Phi) is 5.03. The van der Waals surface area contributed by atoms with Crippen LogP contribution in [-0.4, -0.2) is 21.1 Å². The lowest BCUT2D eigenvalue weighted by atomic mass is 10.2. The molecule has 0 bridgehead atoms. The number of hydrogen-bond donors (Lipinski definition) is 1. The molecule has 0 spiro atoms. The smallest absolute Gasteiger partial charge is 0.336 e. The highest BCUT2D eigenvalue weighted by Gasteiger charge is 2.18. The summed E-state index contributed by atoms with van der Waals surface area (Å²) in [6, 6.07) is 6.72. The standard InChI is InChI=1S/C18H18FN3O3S/c1-3-11(2)20-15(23)10-21-14-8-9-26-16(14)17(24)22(18(21)25)13-6-4-12(19)5-7-13/h4-9,11H,3,10H2,1-2H3,(H,20,23). The normalized spacial score (nSPS) is 12.3. The van der Waals surface area contributed by atoms with Crippen molar-refractivity contribution in [2.75, 3.05) is 0 Å². The number of nitrogens with zero attached hydrogens (tertiary/aromatic N) is 2. The van der Waals surface area contributed by atoms with Gasteiger partial charge < -0.3 is 5.32 Å². The molecular formula is C18H18FN3O3S. The third-order valence-electron chi connectivity index (χ3n) is 4.16. The fraction of sp³-hybridized carbons (Fsp3) is 0.278. The van der Waals surface area contributed by atoms with Crippen LogP contribution in [0.5, 0.6) is 0 Å². The second kappa shape index (κ2) is 7.25. The molecule has 1 atom stereocenters. The van der Waals surface area contributed by atoms with Crippen molar-refractivity contribution in [3.05, 3.63) is 62.4 Å². The number of carbonyl (C=O) groups excluding carboxylic acids is 1. The Morgan fingerprint density at radius 1 is 1.23 bits per heavy atom. The second-order valence-corrected chi connectivity index (χ2v) is 6.91. The molecule has 3 rings (SSSR count). The minimum absolute atomic E-state index is 0.0147. The van der Waals surface area contributed by atoms with E-state index in [1.54, 1.807) is 11.4 Å². The number of aromatic nitrogens is 2. The lowest BCUT2D eigenvalue weighted by molar-refractivity contribution is -0.122. The van der Waals surface area contributed by atoms with Crippen molar-refractivity contribution in [1.82, 2.24) is 14.5 Å². The molecule has 0 radical (unpaired) electrons. The van der Waals surface area contributed by atoms with E-state index in [9.17, 15) is 18.8 Å². The Morgan fingerprint density at radius 3 is 2.58 bits per heavy atom. The van der Waals surface area contributed by atoms with Crippen molar-refractivity contribution in [2.24, 2.45) is 0 Å². The van der Waals surface area contributed by atoms with Gasteiger partial charge in [0.2, 0.25) is 5.91 Å². The number of benzene rings is 1. The molecule has 3 aromatic rings. The van der Waals surface area contributed by atoms with Gasteiger partial charge in [0.05, 0.1) is 11.2 Å². The molecule has 0 aliphatic heterocycles. The zero-order chi connectivity index (χ0) is 18.8. The zero-order valence-electron chi connectivity index (χ0n) is 14.4. The van der Waals surface area contributed by atoms with Crippen molar-refractivity contribution in [2.45, 2.75) is 32.9 Å². The number of hydrogen-bond acceptors (Lipinski definition) is 4. The number of amides is 1. The highest BCUT2D eigenvalue weighted by atomic mass is 32.1. The Balaban J connectivity index is 2.16. The quantitative estimate of drug-likeness (QED) is 0.744. The second-order valence-electron chi connectivity index (χ2n) is 6.00. The highest BCUT2D eigenvalue weighted by Crippen LogP contribution is 2.16. The van der Waals surface area contributed by atoms with Gasteiger partial charge in [-0.2, -0.15) is 0 Å². The van der Waals surface area contributed by atoms with Gasteiger partial charge in [-0.15, -0.1) is 11.3 Å². The molecule has 0 aliphatic rings. The maximum Gasteiger partial charge on any atom is 0.336 e. The maximum absolute atomic E-state index is 13.2. The minimum Gasteiger partial charge on any atom is -0.352 e. The number of fused-ring (bicyclic) bond motifs is 1. The first-order valence-electron chi connectivity index (χ1n) is 8.20. The molecule has 2 heterocycles. The molecule has 2 aromatic heterocycles. The van der Waals surface area contributed by atoms with Crippen LogP contribution < -0.4 is 16.6 Å². The number of carbonyl (C=O) groups is 1. The van der Waals surface area contributed by atoms with Gasteiger partial charge in [0.15, 0.2) is 0 Å². The van der Waals surface area contributed by atoms with Gasteiger partial charge in [-0.1, -0.05) is 6.92 Å². The van der Waals surface area contributed by atoms with Crippen LogP contribution in [0, 0.1) is 5.82 Å². The van der Waals surface area contributed by atoms with E-state index in [-0.39, 0.29) is 24.2 Å². The van der Waals surface area contributed by atoms with E-state index in [1.807, 2.05) is 13.8 Å². The van der Waals surface area contributed by atoms with E-state index in [4.69, 9.17) is 0 Å². The molecule has 0 aliphatic carbocycles. The molecule has 0 saturated carbocycles. The molecule has 6 nitrogen and oxygen atoms in total. The summed E-state index contributed by atoms with van der Waals surface area (Å²) in [5.74, 6) is -0.773. The molecule has 0 fully saturated rings. The van der Waals surface area contributed by atoms with E-state index < -0.39 is 17.1 Å². The van der Waals surface area contributed by atoms with Crippen molar-refractivity contribution < 1.29 is 9.18 Å². The predicted molar refractivity (Wildman–Crippen MR) is 99.5 cm³/mol. The van der Waals surface area contributed by atoms with Crippen molar-refractivity contribution in [3.8, 4) is 5.69 Å². The molecule has 8 heteroatoms. The Bertz CT molecular complexity index is 1070. The molecule has 1 aromatic carbocycles. The molecule has 0 saturated heterocycles. The van der Waals surface area contributed by atoms with Gasteiger partial charge in [0, 0.05) is 6.04 Å². The fourth-order valence-electron chi connectivity index (χ4n) is 2.62. The summed E-state index contributed by atoms with van der Waals surface area (Å²) >= 11 is 1.20. The SMILES string of the molecule is CCC(C)NC(=O)Cn1c(=O)n(-c2ccc(F)cc2)c(=O)c2sccc21. The van der Waals surface area contributed by atoms with Crippen LogP contribution in [0.1, 0.15) is 20.3 Å². The van der Waals surface area contributed by atoms with Crippen molar-refractivity contribution >= 4 is 27.5 Å². The molecule has 1 unspecified atom stereocenters. The first kappa shape index (κ1) is 18.1. The number of rotatable bonds is 5. The largest absolute Gasteiger partial charge is 0.352 e. The molecule has 26 heavy (non-hydrogen) atoms. The molecule has 136 valence electrons. The first-order chi connectivity index (χ1) is 12.4. The first-order valence-corrected chi connectivity index (χ1v) is 9.08. The third kappa shape index (κ3) is 3.32. The van der Waals surface area contributed by atoms with E-state index in [2.05, 4.69) is 5.32 Å². The third-order valence-corrected chi connectivity index (χ3v) is 5.05. The Labute approximate surface area is 152 Å².